The van der Waals surface area contributed by atoms with Crippen LogP contribution in [-0.4, -0.2) is 22.9 Å². The number of aryl methyl sites for hydroxylation is 2. The summed E-state index contributed by atoms with van der Waals surface area (Å²) in [7, 11) is 2.00. The number of nitrogens with zero attached hydrogens (tertiary/aromatic N) is 2. The van der Waals surface area contributed by atoms with E-state index in [2.05, 4.69) is 12.2 Å². The molecule has 0 bridgehead atoms. The molecule has 0 radical (unpaired) electrons. The van der Waals surface area contributed by atoms with E-state index in [-0.39, 0.29) is 0 Å². The number of rotatable bonds is 2. The molecule has 3 rings (SSSR count). The third kappa shape index (κ3) is 2.21. The molecule has 0 amide bonds. The van der Waals surface area contributed by atoms with Crippen molar-refractivity contribution in [1.82, 2.24) is 15.1 Å². The van der Waals surface area contributed by atoms with E-state index in [1.54, 1.807) is 0 Å². The SMILES string of the molecule is Cc1ccc(-c2c(C)c(C3CCNCC3)nn2C)o1. The smallest absolute Gasteiger partial charge is 0.152 e. The minimum atomic E-state index is 0.581. The lowest BCUT2D eigenvalue weighted by atomic mass is 9.92. The lowest BCUT2D eigenvalue weighted by Gasteiger charge is -2.21. The molecule has 4 heteroatoms. The van der Waals surface area contributed by atoms with E-state index < -0.39 is 0 Å². The molecule has 0 spiro atoms. The van der Waals surface area contributed by atoms with E-state index in [4.69, 9.17) is 9.52 Å². The summed E-state index contributed by atoms with van der Waals surface area (Å²) in [6.07, 6.45) is 2.35. The van der Waals surface area contributed by atoms with Gasteiger partial charge in [0.2, 0.25) is 0 Å². The van der Waals surface area contributed by atoms with Crippen LogP contribution in [0.5, 0.6) is 0 Å². The molecule has 0 saturated carbocycles. The lowest BCUT2D eigenvalue weighted by molar-refractivity contribution is 0.449. The number of piperidine rings is 1. The highest BCUT2D eigenvalue weighted by Gasteiger charge is 2.24. The zero-order chi connectivity index (χ0) is 13.4. The minimum Gasteiger partial charge on any atom is -0.460 e. The van der Waals surface area contributed by atoms with Gasteiger partial charge in [0.1, 0.15) is 11.5 Å². The molecule has 0 aliphatic carbocycles. The molecule has 1 fully saturated rings. The number of aromatic nitrogens is 2. The van der Waals surface area contributed by atoms with Crippen LogP contribution >= 0.6 is 0 Å². The first-order chi connectivity index (χ1) is 9.16. The first kappa shape index (κ1) is 12.5. The maximum Gasteiger partial charge on any atom is 0.152 e. The van der Waals surface area contributed by atoms with Crippen LogP contribution in [0.4, 0.5) is 0 Å². The Balaban J connectivity index is 2.00. The number of furan rings is 1. The predicted octanol–water partition coefficient (Wildman–Crippen LogP) is 2.76. The summed E-state index contributed by atoms with van der Waals surface area (Å²) in [5, 5.41) is 8.16. The van der Waals surface area contributed by atoms with Crippen molar-refractivity contribution in [1.29, 1.82) is 0 Å². The lowest BCUT2D eigenvalue weighted by Crippen LogP contribution is -2.27. The molecule has 4 nitrogen and oxygen atoms in total. The summed E-state index contributed by atoms with van der Waals surface area (Å²) in [5.74, 6) is 2.45. The highest BCUT2D eigenvalue weighted by molar-refractivity contribution is 5.59. The van der Waals surface area contributed by atoms with Gasteiger partial charge in [-0.2, -0.15) is 5.10 Å². The van der Waals surface area contributed by atoms with Crippen LogP contribution in [0.25, 0.3) is 11.5 Å². The van der Waals surface area contributed by atoms with Gasteiger partial charge < -0.3 is 9.73 Å². The molecule has 0 aromatic carbocycles. The third-order valence-corrected chi connectivity index (χ3v) is 4.02. The maximum absolute atomic E-state index is 5.76. The van der Waals surface area contributed by atoms with Crippen molar-refractivity contribution >= 4 is 0 Å². The van der Waals surface area contributed by atoms with E-state index in [1.807, 2.05) is 30.8 Å². The van der Waals surface area contributed by atoms with E-state index >= 15 is 0 Å². The van der Waals surface area contributed by atoms with Gasteiger partial charge in [0, 0.05) is 18.5 Å². The van der Waals surface area contributed by atoms with Crippen molar-refractivity contribution in [2.75, 3.05) is 13.1 Å². The average molecular weight is 259 g/mol. The molecule has 0 unspecified atom stereocenters. The summed E-state index contributed by atoms with van der Waals surface area (Å²) >= 11 is 0. The van der Waals surface area contributed by atoms with Crippen LogP contribution in [0, 0.1) is 13.8 Å². The summed E-state index contributed by atoms with van der Waals surface area (Å²) in [5.41, 5.74) is 3.62. The molecule has 102 valence electrons. The summed E-state index contributed by atoms with van der Waals surface area (Å²) in [6, 6.07) is 4.04. The minimum absolute atomic E-state index is 0.581. The molecule has 2 aromatic rings. The Kier molecular flexibility index (Phi) is 3.19. The molecule has 19 heavy (non-hydrogen) atoms. The highest BCUT2D eigenvalue weighted by Crippen LogP contribution is 2.33. The van der Waals surface area contributed by atoms with Gasteiger partial charge in [-0.1, -0.05) is 0 Å². The molecule has 0 atom stereocenters. The monoisotopic (exact) mass is 259 g/mol. The van der Waals surface area contributed by atoms with E-state index in [9.17, 15) is 0 Å². The van der Waals surface area contributed by atoms with Crippen molar-refractivity contribution < 1.29 is 4.42 Å². The van der Waals surface area contributed by atoms with Gasteiger partial charge in [0.25, 0.3) is 0 Å². The summed E-state index contributed by atoms with van der Waals surface area (Å²) in [6.45, 7) is 6.33. The largest absolute Gasteiger partial charge is 0.460 e. The fourth-order valence-corrected chi connectivity index (χ4v) is 3.04. The van der Waals surface area contributed by atoms with Crippen molar-refractivity contribution in [3.63, 3.8) is 0 Å². The van der Waals surface area contributed by atoms with Gasteiger partial charge in [-0.15, -0.1) is 0 Å². The Morgan fingerprint density at radius 2 is 2.00 bits per heavy atom. The second-order valence-corrected chi connectivity index (χ2v) is 5.42. The Morgan fingerprint density at radius 3 is 2.63 bits per heavy atom. The normalized spacial score (nSPS) is 17.0. The van der Waals surface area contributed by atoms with Crippen LogP contribution in [0.3, 0.4) is 0 Å². The average Bonchev–Trinajstić information content (AvgIpc) is 2.95. The molecule has 2 aromatic heterocycles. The summed E-state index contributed by atoms with van der Waals surface area (Å²) < 4.78 is 7.72. The number of nitrogens with one attached hydrogen (secondary N) is 1. The topological polar surface area (TPSA) is 43.0 Å². The van der Waals surface area contributed by atoms with Gasteiger partial charge >= 0.3 is 0 Å². The first-order valence-corrected chi connectivity index (χ1v) is 6.98. The maximum atomic E-state index is 5.76. The van der Waals surface area contributed by atoms with Crippen LogP contribution in [0.15, 0.2) is 16.5 Å². The van der Waals surface area contributed by atoms with Crippen LogP contribution in [0.1, 0.15) is 35.8 Å². The van der Waals surface area contributed by atoms with Gasteiger partial charge in [0.05, 0.1) is 5.69 Å². The Labute approximate surface area is 113 Å². The van der Waals surface area contributed by atoms with Crippen molar-refractivity contribution in [3.8, 4) is 11.5 Å². The molecular formula is C15H21N3O. The zero-order valence-corrected chi connectivity index (χ0v) is 11.9. The summed E-state index contributed by atoms with van der Waals surface area (Å²) in [4.78, 5) is 0. The standard InChI is InChI=1S/C15H21N3O/c1-10-4-5-13(19-10)15-11(2)14(17-18(15)3)12-6-8-16-9-7-12/h4-5,12,16H,6-9H2,1-3H3. The van der Waals surface area contributed by atoms with Crippen LogP contribution in [0.2, 0.25) is 0 Å². The second-order valence-electron chi connectivity index (χ2n) is 5.42. The first-order valence-electron chi connectivity index (χ1n) is 6.98. The molecule has 1 saturated heterocycles. The van der Waals surface area contributed by atoms with Gasteiger partial charge in [0.15, 0.2) is 5.76 Å². The molecule has 1 N–H and O–H groups in total. The zero-order valence-electron chi connectivity index (χ0n) is 11.9. The van der Waals surface area contributed by atoms with Crippen molar-refractivity contribution in [3.05, 3.63) is 29.2 Å². The molecule has 1 aliphatic heterocycles. The fourth-order valence-electron chi connectivity index (χ4n) is 3.04. The second kappa shape index (κ2) is 4.85. The van der Waals surface area contributed by atoms with E-state index in [0.717, 1.165) is 30.3 Å². The van der Waals surface area contributed by atoms with Crippen molar-refractivity contribution in [2.45, 2.75) is 32.6 Å². The molecule has 1 aliphatic rings. The predicted molar refractivity (Wildman–Crippen MR) is 75.2 cm³/mol. The van der Waals surface area contributed by atoms with Crippen LogP contribution in [-0.2, 0) is 7.05 Å². The van der Waals surface area contributed by atoms with Crippen molar-refractivity contribution in [2.24, 2.45) is 7.05 Å². The number of hydrogen-bond acceptors (Lipinski definition) is 3. The van der Waals surface area contributed by atoms with E-state index in [0.29, 0.717) is 5.92 Å². The third-order valence-electron chi connectivity index (χ3n) is 4.02. The van der Waals surface area contributed by atoms with Gasteiger partial charge in [-0.25, -0.2) is 0 Å². The highest BCUT2D eigenvalue weighted by atomic mass is 16.3. The van der Waals surface area contributed by atoms with Gasteiger partial charge in [-0.3, -0.25) is 4.68 Å². The Hall–Kier alpha value is -1.55. The number of hydrogen-bond donors (Lipinski definition) is 1. The Bertz CT molecular complexity index is 576. The van der Waals surface area contributed by atoms with Crippen LogP contribution < -0.4 is 5.32 Å². The quantitative estimate of drug-likeness (QED) is 0.901. The molecule has 3 heterocycles. The van der Waals surface area contributed by atoms with E-state index in [1.165, 1.54) is 24.1 Å². The molecular weight excluding hydrogens is 238 g/mol. The fraction of sp³-hybridized carbons (Fsp3) is 0.533. The van der Waals surface area contributed by atoms with Gasteiger partial charge in [-0.05, 0) is 51.9 Å². The Morgan fingerprint density at radius 1 is 1.26 bits per heavy atom.